The standard InChI is InChI=1S/C13H13NO5S/c1-2-18-13(15)12-8-7-11(19-12)9-3-5-10(6-4-9)20(14,16)17/h3-8H,2H2,1H3,(H2,14,16,17). The first-order valence-corrected chi connectivity index (χ1v) is 7.36. The summed E-state index contributed by atoms with van der Waals surface area (Å²) in [4.78, 5) is 11.5. The summed E-state index contributed by atoms with van der Waals surface area (Å²) >= 11 is 0. The monoisotopic (exact) mass is 295 g/mol. The Balaban J connectivity index is 2.27. The zero-order valence-corrected chi connectivity index (χ0v) is 11.5. The van der Waals surface area contributed by atoms with Gasteiger partial charge in [0.25, 0.3) is 0 Å². The molecule has 0 aliphatic rings. The molecule has 106 valence electrons. The Morgan fingerprint density at radius 3 is 2.40 bits per heavy atom. The molecule has 20 heavy (non-hydrogen) atoms. The number of primary sulfonamides is 1. The molecule has 0 saturated carbocycles. The predicted octanol–water partition coefficient (Wildman–Crippen LogP) is 1.77. The summed E-state index contributed by atoms with van der Waals surface area (Å²) in [5.41, 5.74) is 0.632. The van der Waals surface area contributed by atoms with E-state index in [0.29, 0.717) is 11.3 Å². The molecule has 0 bridgehead atoms. The Labute approximate surface area is 116 Å². The van der Waals surface area contributed by atoms with Crippen LogP contribution in [0, 0.1) is 0 Å². The Morgan fingerprint density at radius 1 is 1.20 bits per heavy atom. The van der Waals surface area contributed by atoms with E-state index in [9.17, 15) is 13.2 Å². The molecule has 0 saturated heterocycles. The molecule has 7 heteroatoms. The number of rotatable bonds is 4. The van der Waals surface area contributed by atoms with Gasteiger partial charge in [0.2, 0.25) is 15.8 Å². The molecule has 0 aliphatic heterocycles. The fourth-order valence-corrected chi connectivity index (χ4v) is 2.13. The van der Waals surface area contributed by atoms with Crippen molar-refractivity contribution in [3.8, 4) is 11.3 Å². The van der Waals surface area contributed by atoms with Gasteiger partial charge < -0.3 is 9.15 Å². The Bertz CT molecular complexity index is 715. The van der Waals surface area contributed by atoms with E-state index < -0.39 is 16.0 Å². The highest BCUT2D eigenvalue weighted by Gasteiger charge is 2.14. The van der Waals surface area contributed by atoms with Gasteiger partial charge in [0.1, 0.15) is 5.76 Å². The highest BCUT2D eigenvalue weighted by molar-refractivity contribution is 7.89. The number of furan rings is 1. The lowest BCUT2D eigenvalue weighted by molar-refractivity contribution is 0.0491. The lowest BCUT2D eigenvalue weighted by Gasteiger charge is -2.00. The Kier molecular flexibility index (Phi) is 3.91. The number of ether oxygens (including phenoxy) is 1. The van der Waals surface area contributed by atoms with E-state index in [0.717, 1.165) is 0 Å². The van der Waals surface area contributed by atoms with Crippen LogP contribution in [0.25, 0.3) is 11.3 Å². The smallest absolute Gasteiger partial charge is 0.374 e. The molecular formula is C13H13NO5S. The van der Waals surface area contributed by atoms with Gasteiger partial charge in [0, 0.05) is 5.56 Å². The first-order valence-electron chi connectivity index (χ1n) is 5.82. The van der Waals surface area contributed by atoms with E-state index in [-0.39, 0.29) is 17.3 Å². The van der Waals surface area contributed by atoms with E-state index in [2.05, 4.69) is 0 Å². The van der Waals surface area contributed by atoms with E-state index in [4.69, 9.17) is 14.3 Å². The summed E-state index contributed by atoms with van der Waals surface area (Å²) in [6.07, 6.45) is 0. The second-order valence-corrected chi connectivity index (χ2v) is 5.52. The lowest BCUT2D eigenvalue weighted by atomic mass is 10.2. The van der Waals surface area contributed by atoms with Crippen LogP contribution in [-0.2, 0) is 14.8 Å². The van der Waals surface area contributed by atoms with Gasteiger partial charge in [0.05, 0.1) is 11.5 Å². The van der Waals surface area contributed by atoms with Crippen LogP contribution < -0.4 is 5.14 Å². The summed E-state index contributed by atoms with van der Waals surface area (Å²) in [5.74, 6) is -0.00805. The topological polar surface area (TPSA) is 99.6 Å². The lowest BCUT2D eigenvalue weighted by Crippen LogP contribution is -2.11. The zero-order valence-electron chi connectivity index (χ0n) is 10.7. The van der Waals surface area contributed by atoms with Crippen molar-refractivity contribution < 1.29 is 22.4 Å². The molecular weight excluding hydrogens is 282 g/mol. The van der Waals surface area contributed by atoms with Gasteiger partial charge in [-0.1, -0.05) is 0 Å². The fraction of sp³-hybridized carbons (Fsp3) is 0.154. The van der Waals surface area contributed by atoms with Crippen LogP contribution in [0.1, 0.15) is 17.5 Å². The molecule has 0 aliphatic carbocycles. The number of carbonyl (C=O) groups is 1. The minimum Gasteiger partial charge on any atom is -0.460 e. The number of hydrogen-bond acceptors (Lipinski definition) is 5. The summed E-state index contributed by atoms with van der Waals surface area (Å²) in [5, 5.41) is 5.01. The SMILES string of the molecule is CCOC(=O)c1ccc(-c2ccc(S(N)(=O)=O)cc2)o1. The van der Waals surface area contributed by atoms with Crippen LogP contribution in [0.3, 0.4) is 0 Å². The maximum Gasteiger partial charge on any atom is 0.374 e. The van der Waals surface area contributed by atoms with Crippen LogP contribution in [-0.4, -0.2) is 21.0 Å². The Hall–Kier alpha value is -2.12. The minimum atomic E-state index is -3.72. The molecule has 2 N–H and O–H groups in total. The average molecular weight is 295 g/mol. The molecule has 6 nitrogen and oxygen atoms in total. The molecule has 1 aromatic carbocycles. The van der Waals surface area contributed by atoms with Crippen LogP contribution >= 0.6 is 0 Å². The highest BCUT2D eigenvalue weighted by atomic mass is 32.2. The van der Waals surface area contributed by atoms with Gasteiger partial charge in [-0.2, -0.15) is 0 Å². The number of sulfonamides is 1. The number of carbonyl (C=O) groups excluding carboxylic acids is 1. The number of benzene rings is 1. The van der Waals surface area contributed by atoms with Crippen molar-refractivity contribution in [2.75, 3.05) is 6.61 Å². The molecule has 2 aromatic rings. The maximum atomic E-state index is 11.5. The number of hydrogen-bond donors (Lipinski definition) is 1. The van der Waals surface area contributed by atoms with Gasteiger partial charge in [-0.15, -0.1) is 0 Å². The first-order chi connectivity index (χ1) is 9.41. The van der Waals surface area contributed by atoms with Crippen molar-refractivity contribution in [1.29, 1.82) is 0 Å². The van der Waals surface area contributed by atoms with Gasteiger partial charge in [-0.3, -0.25) is 0 Å². The largest absolute Gasteiger partial charge is 0.460 e. The third kappa shape index (κ3) is 3.06. The van der Waals surface area contributed by atoms with E-state index in [1.807, 2.05) is 0 Å². The summed E-state index contributed by atoms with van der Waals surface area (Å²) < 4.78 is 32.4. The quantitative estimate of drug-likeness (QED) is 0.866. The maximum absolute atomic E-state index is 11.5. The van der Waals surface area contributed by atoms with Crippen LogP contribution in [0.4, 0.5) is 0 Å². The molecule has 0 atom stereocenters. The Morgan fingerprint density at radius 2 is 1.85 bits per heavy atom. The van der Waals surface area contributed by atoms with E-state index in [1.165, 1.54) is 18.2 Å². The summed E-state index contributed by atoms with van der Waals surface area (Å²) in [7, 11) is -3.72. The molecule has 0 spiro atoms. The molecule has 0 amide bonds. The van der Waals surface area contributed by atoms with Crippen LogP contribution in [0.2, 0.25) is 0 Å². The predicted molar refractivity (Wildman–Crippen MR) is 71.5 cm³/mol. The van der Waals surface area contributed by atoms with Crippen LogP contribution in [0.5, 0.6) is 0 Å². The molecule has 1 heterocycles. The summed E-state index contributed by atoms with van der Waals surface area (Å²) in [6, 6.07) is 8.95. The normalized spacial score (nSPS) is 11.3. The summed E-state index contributed by atoms with van der Waals surface area (Å²) in [6.45, 7) is 1.96. The van der Waals surface area contributed by atoms with Crippen molar-refractivity contribution in [2.45, 2.75) is 11.8 Å². The molecule has 0 radical (unpaired) electrons. The zero-order chi connectivity index (χ0) is 14.8. The van der Waals surface area contributed by atoms with Gasteiger partial charge in [-0.25, -0.2) is 18.4 Å². The van der Waals surface area contributed by atoms with Gasteiger partial charge in [-0.05, 0) is 43.3 Å². The van der Waals surface area contributed by atoms with Crippen molar-refractivity contribution in [3.05, 3.63) is 42.2 Å². The third-order valence-corrected chi connectivity index (χ3v) is 3.48. The van der Waals surface area contributed by atoms with Gasteiger partial charge in [0.15, 0.2) is 0 Å². The highest BCUT2D eigenvalue weighted by Crippen LogP contribution is 2.23. The van der Waals surface area contributed by atoms with Crippen molar-refractivity contribution >= 4 is 16.0 Å². The van der Waals surface area contributed by atoms with Crippen molar-refractivity contribution in [2.24, 2.45) is 5.14 Å². The minimum absolute atomic E-state index is 0.0124. The van der Waals surface area contributed by atoms with Crippen molar-refractivity contribution in [3.63, 3.8) is 0 Å². The van der Waals surface area contributed by atoms with E-state index >= 15 is 0 Å². The molecule has 0 fully saturated rings. The van der Waals surface area contributed by atoms with Crippen molar-refractivity contribution in [1.82, 2.24) is 0 Å². The average Bonchev–Trinajstić information content (AvgIpc) is 2.88. The molecule has 1 aromatic heterocycles. The second-order valence-electron chi connectivity index (χ2n) is 3.95. The number of esters is 1. The van der Waals surface area contributed by atoms with Gasteiger partial charge >= 0.3 is 5.97 Å². The second kappa shape index (κ2) is 5.48. The first kappa shape index (κ1) is 14.3. The third-order valence-electron chi connectivity index (χ3n) is 2.55. The molecule has 0 unspecified atom stereocenters. The number of nitrogens with two attached hydrogens (primary N) is 1. The molecule has 2 rings (SSSR count). The van der Waals surface area contributed by atoms with E-state index in [1.54, 1.807) is 25.1 Å². The van der Waals surface area contributed by atoms with Crippen LogP contribution in [0.15, 0.2) is 45.7 Å². The fourth-order valence-electron chi connectivity index (χ4n) is 1.61.